The van der Waals surface area contributed by atoms with Crippen molar-refractivity contribution in [3.05, 3.63) is 0 Å². The molecule has 1 spiro atoms. The Kier molecular flexibility index (Phi) is 2.21. The van der Waals surface area contributed by atoms with E-state index in [9.17, 15) is 4.79 Å². The van der Waals surface area contributed by atoms with Crippen molar-refractivity contribution in [2.45, 2.75) is 31.4 Å². The maximum absolute atomic E-state index is 11.9. The maximum Gasteiger partial charge on any atom is 0.224 e. The third kappa shape index (κ3) is 1.31. The number of hydrogen-bond acceptors (Lipinski definition) is 3. The molecule has 2 atom stereocenters. The molecule has 3 fully saturated rings. The number of hydrogen-bond donors (Lipinski definition) is 1. The minimum Gasteiger partial charge on any atom is -0.355 e. The van der Waals surface area contributed by atoms with E-state index in [1.54, 1.807) is 0 Å². The Balaban J connectivity index is 1.93. The van der Waals surface area contributed by atoms with Gasteiger partial charge in [0.25, 0.3) is 0 Å². The van der Waals surface area contributed by atoms with Crippen LogP contribution < -0.4 is 5.32 Å². The summed E-state index contributed by atoms with van der Waals surface area (Å²) in [7, 11) is 0. The van der Waals surface area contributed by atoms with Crippen LogP contribution in [0.2, 0.25) is 0 Å². The fourth-order valence-corrected chi connectivity index (χ4v) is 3.29. The van der Waals surface area contributed by atoms with Gasteiger partial charge in [-0.3, -0.25) is 4.79 Å². The van der Waals surface area contributed by atoms with Gasteiger partial charge < -0.3 is 15.0 Å². The molecule has 0 radical (unpaired) electrons. The molecule has 84 valence electrons. The Bertz CT molecular complexity index is 276. The van der Waals surface area contributed by atoms with E-state index in [0.717, 1.165) is 45.5 Å². The van der Waals surface area contributed by atoms with Gasteiger partial charge in [0.05, 0.1) is 6.61 Å². The van der Waals surface area contributed by atoms with E-state index in [1.807, 2.05) is 4.90 Å². The highest BCUT2D eigenvalue weighted by molar-refractivity contribution is 5.78. The molecule has 0 saturated carbocycles. The van der Waals surface area contributed by atoms with Crippen LogP contribution in [0.15, 0.2) is 0 Å². The van der Waals surface area contributed by atoms with E-state index in [1.165, 1.54) is 0 Å². The van der Waals surface area contributed by atoms with E-state index >= 15 is 0 Å². The molecule has 0 aliphatic carbocycles. The van der Waals surface area contributed by atoms with E-state index in [4.69, 9.17) is 4.74 Å². The minimum atomic E-state index is -0.237. The van der Waals surface area contributed by atoms with Gasteiger partial charge in [-0.1, -0.05) is 0 Å². The second kappa shape index (κ2) is 3.46. The van der Waals surface area contributed by atoms with Crippen molar-refractivity contribution in [2.24, 2.45) is 5.92 Å². The number of piperidine rings is 2. The fraction of sp³-hybridized carbons (Fsp3) is 0.909. The lowest BCUT2D eigenvalue weighted by molar-refractivity contribution is -0.237. The number of carbonyl (C=O) groups is 1. The Morgan fingerprint density at radius 2 is 2.47 bits per heavy atom. The second-order valence-electron chi connectivity index (χ2n) is 4.78. The standard InChI is InChI=1S/C11H18N2O2/c14-10-3-2-9-8-12-5-4-11(9)13(10)6-1-7-15-11/h9,12H,1-8H2. The van der Waals surface area contributed by atoms with Crippen molar-refractivity contribution in [1.82, 2.24) is 10.2 Å². The third-order valence-corrected chi connectivity index (χ3v) is 4.03. The Hall–Kier alpha value is -0.610. The second-order valence-corrected chi connectivity index (χ2v) is 4.78. The molecule has 1 amide bonds. The van der Waals surface area contributed by atoms with Gasteiger partial charge in [0.1, 0.15) is 5.72 Å². The normalized spacial score (nSPS) is 40.9. The van der Waals surface area contributed by atoms with Gasteiger partial charge in [-0.05, 0) is 19.4 Å². The summed E-state index contributed by atoms with van der Waals surface area (Å²) in [5.74, 6) is 0.803. The number of ether oxygens (including phenoxy) is 1. The van der Waals surface area contributed by atoms with Crippen molar-refractivity contribution in [3.8, 4) is 0 Å². The number of nitrogens with zero attached hydrogens (tertiary/aromatic N) is 1. The molecular weight excluding hydrogens is 192 g/mol. The molecule has 3 aliphatic heterocycles. The van der Waals surface area contributed by atoms with E-state index in [2.05, 4.69) is 5.32 Å². The zero-order chi connectivity index (χ0) is 10.3. The molecule has 15 heavy (non-hydrogen) atoms. The van der Waals surface area contributed by atoms with Gasteiger partial charge in [-0.15, -0.1) is 0 Å². The molecule has 1 N–H and O–H groups in total. The molecular formula is C11H18N2O2. The topological polar surface area (TPSA) is 41.6 Å². The SMILES string of the molecule is O=C1CCC2CNCCC23OCCCN13. The number of rotatable bonds is 0. The molecule has 3 aliphatic rings. The summed E-state index contributed by atoms with van der Waals surface area (Å²) in [6, 6.07) is 0. The molecule has 0 aromatic heterocycles. The summed E-state index contributed by atoms with van der Waals surface area (Å²) in [4.78, 5) is 13.9. The predicted molar refractivity (Wildman–Crippen MR) is 55.2 cm³/mol. The summed E-state index contributed by atoms with van der Waals surface area (Å²) in [6.45, 7) is 3.69. The zero-order valence-electron chi connectivity index (χ0n) is 9.00. The molecule has 0 aromatic carbocycles. The molecule has 4 heteroatoms. The number of nitrogens with one attached hydrogen (secondary N) is 1. The van der Waals surface area contributed by atoms with Crippen molar-refractivity contribution in [3.63, 3.8) is 0 Å². The molecule has 0 aromatic rings. The minimum absolute atomic E-state index is 0.237. The highest BCUT2D eigenvalue weighted by Gasteiger charge is 2.52. The highest BCUT2D eigenvalue weighted by atomic mass is 16.5. The van der Waals surface area contributed by atoms with Crippen LogP contribution in [0, 0.1) is 5.92 Å². The van der Waals surface area contributed by atoms with Crippen molar-refractivity contribution in [1.29, 1.82) is 0 Å². The Morgan fingerprint density at radius 1 is 1.53 bits per heavy atom. The van der Waals surface area contributed by atoms with Gasteiger partial charge in [0.2, 0.25) is 5.91 Å². The lowest BCUT2D eigenvalue weighted by atomic mass is 9.79. The van der Waals surface area contributed by atoms with Crippen LogP contribution in [0.1, 0.15) is 25.7 Å². The van der Waals surface area contributed by atoms with Gasteiger partial charge >= 0.3 is 0 Å². The van der Waals surface area contributed by atoms with Gasteiger partial charge in [0.15, 0.2) is 0 Å². The zero-order valence-corrected chi connectivity index (χ0v) is 9.00. The van der Waals surface area contributed by atoms with Crippen LogP contribution in [0.5, 0.6) is 0 Å². The molecule has 2 unspecified atom stereocenters. The van der Waals surface area contributed by atoms with Crippen molar-refractivity contribution in [2.75, 3.05) is 26.2 Å². The molecule has 4 nitrogen and oxygen atoms in total. The quantitative estimate of drug-likeness (QED) is 0.626. The predicted octanol–water partition coefficient (Wildman–Crippen LogP) is 0.335. The first-order chi connectivity index (χ1) is 7.33. The monoisotopic (exact) mass is 210 g/mol. The van der Waals surface area contributed by atoms with Crippen LogP contribution in [-0.2, 0) is 9.53 Å². The number of amides is 1. The van der Waals surface area contributed by atoms with Crippen LogP contribution in [-0.4, -0.2) is 42.8 Å². The van der Waals surface area contributed by atoms with E-state index in [-0.39, 0.29) is 5.72 Å². The van der Waals surface area contributed by atoms with Gasteiger partial charge in [-0.25, -0.2) is 0 Å². The highest BCUT2D eigenvalue weighted by Crippen LogP contribution is 2.41. The van der Waals surface area contributed by atoms with Crippen LogP contribution in [0.3, 0.4) is 0 Å². The summed E-state index contributed by atoms with van der Waals surface area (Å²) in [6.07, 6.45) is 3.65. The smallest absolute Gasteiger partial charge is 0.224 e. The average Bonchev–Trinajstić information content (AvgIpc) is 2.28. The fourth-order valence-electron chi connectivity index (χ4n) is 3.29. The van der Waals surface area contributed by atoms with Crippen molar-refractivity contribution >= 4 is 5.91 Å². The van der Waals surface area contributed by atoms with Crippen molar-refractivity contribution < 1.29 is 9.53 Å². The van der Waals surface area contributed by atoms with E-state index < -0.39 is 0 Å². The van der Waals surface area contributed by atoms with E-state index in [0.29, 0.717) is 18.2 Å². The molecule has 0 bridgehead atoms. The number of carbonyl (C=O) groups excluding carboxylic acids is 1. The first-order valence-corrected chi connectivity index (χ1v) is 5.98. The summed E-state index contributed by atoms with van der Waals surface area (Å²) >= 11 is 0. The third-order valence-electron chi connectivity index (χ3n) is 4.03. The first kappa shape index (κ1) is 9.60. The molecule has 3 saturated heterocycles. The van der Waals surface area contributed by atoms with Gasteiger partial charge in [0, 0.05) is 31.8 Å². The molecule has 3 heterocycles. The Labute approximate surface area is 90.0 Å². The first-order valence-electron chi connectivity index (χ1n) is 5.98. The summed E-state index contributed by atoms with van der Waals surface area (Å²) < 4.78 is 6.01. The van der Waals surface area contributed by atoms with Crippen LogP contribution in [0.4, 0.5) is 0 Å². The van der Waals surface area contributed by atoms with Crippen LogP contribution >= 0.6 is 0 Å². The maximum atomic E-state index is 11.9. The lowest BCUT2D eigenvalue weighted by Crippen LogP contribution is -2.68. The van der Waals surface area contributed by atoms with Crippen LogP contribution in [0.25, 0.3) is 0 Å². The molecule has 3 rings (SSSR count). The van der Waals surface area contributed by atoms with Gasteiger partial charge in [-0.2, -0.15) is 0 Å². The summed E-state index contributed by atoms with van der Waals surface area (Å²) in [5, 5.41) is 3.41. The largest absolute Gasteiger partial charge is 0.355 e. The Morgan fingerprint density at radius 3 is 3.40 bits per heavy atom. The summed E-state index contributed by atoms with van der Waals surface area (Å²) in [5.41, 5.74) is -0.237. The lowest BCUT2D eigenvalue weighted by Gasteiger charge is -2.55. The average molecular weight is 210 g/mol.